The number of carbonyl (C=O) groups excluding carboxylic acids is 2. The van der Waals surface area contributed by atoms with E-state index in [1.54, 1.807) is 41.3 Å². The van der Waals surface area contributed by atoms with Gasteiger partial charge in [-0.2, -0.15) is 0 Å². The molecule has 190 valence electrons. The van der Waals surface area contributed by atoms with E-state index in [1.165, 1.54) is 12.5 Å². The van der Waals surface area contributed by atoms with Crippen molar-refractivity contribution in [3.8, 4) is 0 Å². The Hall–Kier alpha value is -3.15. The van der Waals surface area contributed by atoms with Crippen LogP contribution in [0.15, 0.2) is 54.3 Å². The molecule has 2 aliphatic carbocycles. The molecule has 3 aliphatic rings. The van der Waals surface area contributed by atoms with Crippen molar-refractivity contribution >= 4 is 17.9 Å². The molecule has 0 bridgehead atoms. The van der Waals surface area contributed by atoms with Gasteiger partial charge in [-0.15, -0.1) is 0 Å². The van der Waals surface area contributed by atoms with Crippen molar-refractivity contribution in [2.75, 3.05) is 0 Å². The molecule has 4 unspecified atom stereocenters. The molecule has 36 heavy (non-hydrogen) atoms. The largest absolute Gasteiger partial charge is 0.482 e. The quantitative estimate of drug-likeness (QED) is 0.535. The Labute approximate surface area is 212 Å². The molecule has 0 aromatic heterocycles. The van der Waals surface area contributed by atoms with Crippen molar-refractivity contribution in [2.45, 2.75) is 83.0 Å². The van der Waals surface area contributed by atoms with Crippen LogP contribution in [0.3, 0.4) is 0 Å². The lowest BCUT2D eigenvalue weighted by Gasteiger charge is -2.44. The maximum Gasteiger partial charge on any atom is 0.289 e. The van der Waals surface area contributed by atoms with Crippen LogP contribution in [0.25, 0.3) is 6.08 Å². The number of benzene rings is 2. The van der Waals surface area contributed by atoms with Crippen LogP contribution in [0.2, 0.25) is 0 Å². The van der Waals surface area contributed by atoms with Crippen molar-refractivity contribution in [3.05, 3.63) is 76.8 Å². The van der Waals surface area contributed by atoms with E-state index in [2.05, 4.69) is 12.2 Å². The fourth-order valence-electron chi connectivity index (χ4n) is 5.84. The van der Waals surface area contributed by atoms with Gasteiger partial charge < -0.3 is 15.0 Å². The van der Waals surface area contributed by atoms with Gasteiger partial charge in [0.05, 0.1) is 6.04 Å². The summed E-state index contributed by atoms with van der Waals surface area (Å²) in [5, 5.41) is 3.19. The lowest BCUT2D eigenvalue weighted by Crippen LogP contribution is -2.54. The summed E-state index contributed by atoms with van der Waals surface area (Å²) in [7, 11) is 0. The summed E-state index contributed by atoms with van der Waals surface area (Å²) in [6.45, 7) is 2.43. The highest BCUT2D eigenvalue weighted by Gasteiger charge is 2.41. The Balaban J connectivity index is 1.32. The fraction of sp³-hybridized carbons (Fsp3) is 0.467. The van der Waals surface area contributed by atoms with E-state index >= 15 is 0 Å². The highest BCUT2D eigenvalue weighted by atomic mass is 19.1. The van der Waals surface area contributed by atoms with Crippen LogP contribution in [0.4, 0.5) is 4.39 Å². The molecule has 1 saturated heterocycles. The van der Waals surface area contributed by atoms with Crippen LogP contribution in [-0.4, -0.2) is 34.9 Å². The number of nitrogens with one attached hydrogen (secondary N) is 1. The van der Waals surface area contributed by atoms with Gasteiger partial charge in [-0.1, -0.05) is 56.5 Å². The molecular formula is C30H35FN2O3. The van der Waals surface area contributed by atoms with Gasteiger partial charge in [-0.05, 0) is 67.9 Å². The average molecular weight is 491 g/mol. The number of ether oxygens (including phenoxy) is 1. The van der Waals surface area contributed by atoms with Crippen LogP contribution in [0.1, 0.15) is 79.8 Å². The van der Waals surface area contributed by atoms with Gasteiger partial charge in [0, 0.05) is 23.7 Å². The number of amides is 2. The Bertz CT molecular complexity index is 1130. The predicted molar refractivity (Wildman–Crippen MR) is 137 cm³/mol. The third-order valence-corrected chi connectivity index (χ3v) is 8.02. The summed E-state index contributed by atoms with van der Waals surface area (Å²) in [4.78, 5) is 28.0. The summed E-state index contributed by atoms with van der Waals surface area (Å²) in [5.74, 6) is 0.208. The molecule has 3 fully saturated rings. The molecule has 5 rings (SSSR count). The van der Waals surface area contributed by atoms with E-state index in [-0.39, 0.29) is 48.1 Å². The number of hydrogen-bond donors (Lipinski definition) is 1. The van der Waals surface area contributed by atoms with Gasteiger partial charge >= 0.3 is 0 Å². The Morgan fingerprint density at radius 3 is 2.53 bits per heavy atom. The Kier molecular flexibility index (Phi) is 7.40. The van der Waals surface area contributed by atoms with E-state index in [0.29, 0.717) is 17.0 Å². The molecule has 1 N–H and O–H groups in total. The van der Waals surface area contributed by atoms with E-state index in [4.69, 9.17) is 4.74 Å². The first-order chi connectivity index (χ1) is 17.5. The van der Waals surface area contributed by atoms with Crippen molar-refractivity contribution in [3.63, 3.8) is 0 Å². The zero-order valence-electron chi connectivity index (χ0n) is 20.9. The smallest absolute Gasteiger partial charge is 0.289 e. The molecule has 2 saturated carbocycles. The van der Waals surface area contributed by atoms with Crippen molar-refractivity contribution in [1.29, 1.82) is 0 Å². The number of morpholine rings is 1. The Morgan fingerprint density at radius 2 is 1.75 bits per heavy atom. The molecule has 1 heterocycles. The van der Waals surface area contributed by atoms with Gasteiger partial charge in [0.1, 0.15) is 11.9 Å². The van der Waals surface area contributed by atoms with E-state index < -0.39 is 0 Å². The van der Waals surface area contributed by atoms with Crippen molar-refractivity contribution in [1.82, 2.24) is 10.2 Å². The summed E-state index contributed by atoms with van der Waals surface area (Å²) in [6.07, 6.45) is 10.1. The van der Waals surface area contributed by atoms with Crippen LogP contribution >= 0.6 is 0 Å². The second-order valence-electron chi connectivity index (χ2n) is 10.5. The summed E-state index contributed by atoms with van der Waals surface area (Å²) < 4.78 is 20.6. The van der Waals surface area contributed by atoms with Crippen molar-refractivity contribution in [2.24, 2.45) is 5.92 Å². The first-order valence-electron chi connectivity index (χ1n) is 13.3. The summed E-state index contributed by atoms with van der Waals surface area (Å²) in [5.41, 5.74) is 1.92. The normalized spacial score (nSPS) is 27.3. The van der Waals surface area contributed by atoms with Gasteiger partial charge in [-0.25, -0.2) is 4.39 Å². The van der Waals surface area contributed by atoms with Gasteiger partial charge in [0.15, 0.2) is 5.76 Å². The number of nitrogens with zero attached hydrogens (tertiary/aromatic N) is 1. The van der Waals surface area contributed by atoms with Gasteiger partial charge in [0.25, 0.3) is 11.8 Å². The Morgan fingerprint density at radius 1 is 1.03 bits per heavy atom. The SMILES string of the molecule is CC1CCCCC1NC(=O)c1ccc(/C=C2\OC3CCCCC3N(Cc3ccccc3F)C2=O)cc1. The third-order valence-electron chi connectivity index (χ3n) is 8.02. The molecule has 0 spiro atoms. The van der Waals surface area contributed by atoms with Crippen LogP contribution < -0.4 is 5.32 Å². The zero-order valence-corrected chi connectivity index (χ0v) is 20.9. The third kappa shape index (κ3) is 5.32. The molecule has 1 aliphatic heterocycles. The average Bonchev–Trinajstić information content (AvgIpc) is 2.89. The lowest BCUT2D eigenvalue weighted by atomic mass is 9.86. The molecule has 6 heteroatoms. The zero-order chi connectivity index (χ0) is 25.1. The minimum atomic E-state index is -0.300. The van der Waals surface area contributed by atoms with Crippen molar-refractivity contribution < 1.29 is 18.7 Å². The number of rotatable bonds is 5. The maximum absolute atomic E-state index is 14.4. The second-order valence-corrected chi connectivity index (χ2v) is 10.5. The molecule has 2 aromatic carbocycles. The molecule has 5 nitrogen and oxygen atoms in total. The van der Waals surface area contributed by atoms with E-state index in [0.717, 1.165) is 50.5 Å². The molecule has 2 aromatic rings. The van der Waals surface area contributed by atoms with Gasteiger partial charge in [-0.3, -0.25) is 9.59 Å². The molecule has 4 atom stereocenters. The number of carbonyl (C=O) groups is 2. The molecule has 2 amide bonds. The monoisotopic (exact) mass is 490 g/mol. The fourth-order valence-corrected chi connectivity index (χ4v) is 5.84. The second kappa shape index (κ2) is 10.9. The van der Waals surface area contributed by atoms with E-state index in [1.807, 2.05) is 12.1 Å². The first-order valence-corrected chi connectivity index (χ1v) is 13.3. The summed E-state index contributed by atoms with van der Waals surface area (Å²) >= 11 is 0. The summed E-state index contributed by atoms with van der Waals surface area (Å²) in [6, 6.07) is 14.1. The van der Waals surface area contributed by atoms with Crippen LogP contribution in [0, 0.1) is 11.7 Å². The first kappa shape index (κ1) is 24.5. The molecular weight excluding hydrogens is 455 g/mol. The van der Waals surface area contributed by atoms with E-state index in [9.17, 15) is 14.0 Å². The van der Waals surface area contributed by atoms with Crippen LogP contribution in [-0.2, 0) is 16.1 Å². The lowest BCUT2D eigenvalue weighted by molar-refractivity contribution is -0.149. The highest BCUT2D eigenvalue weighted by molar-refractivity contribution is 5.97. The topological polar surface area (TPSA) is 58.6 Å². The number of halogens is 1. The number of hydrogen-bond acceptors (Lipinski definition) is 3. The predicted octanol–water partition coefficient (Wildman–Crippen LogP) is 5.85. The van der Waals surface area contributed by atoms with Gasteiger partial charge in [0.2, 0.25) is 0 Å². The highest BCUT2D eigenvalue weighted by Crippen LogP contribution is 2.34. The number of fused-ring (bicyclic) bond motifs is 1. The van der Waals surface area contributed by atoms with Crippen LogP contribution in [0.5, 0.6) is 0 Å². The minimum absolute atomic E-state index is 0.0451. The maximum atomic E-state index is 14.4. The molecule has 0 radical (unpaired) electrons. The standard InChI is InChI=1S/C30H35FN2O3/c1-20-8-2-5-11-25(20)32-29(34)22-16-14-21(15-17-22)18-28-30(35)33(19-23-9-3-4-10-24(23)31)26-12-6-7-13-27(26)36-28/h3-4,9-10,14-18,20,25-27H,2,5-8,11-13,19H2,1H3,(H,32,34)/b28-18-. The minimum Gasteiger partial charge on any atom is -0.482 e.